The molecule has 22 heavy (non-hydrogen) atoms. The number of ether oxygens (including phenoxy) is 2. The quantitative estimate of drug-likeness (QED) is 0.806. The molecule has 1 amide bonds. The average molecular weight is 386 g/mol. The molecular formula is C15H14BrClN2O3. The highest BCUT2D eigenvalue weighted by Crippen LogP contribution is 2.33. The highest BCUT2D eigenvalue weighted by atomic mass is 79.9. The minimum atomic E-state index is -0.353. The van der Waals surface area contributed by atoms with Crippen LogP contribution in [0.25, 0.3) is 0 Å². The lowest BCUT2D eigenvalue weighted by atomic mass is 10.1. The van der Waals surface area contributed by atoms with Gasteiger partial charge in [0.1, 0.15) is 5.15 Å². The van der Waals surface area contributed by atoms with Crippen LogP contribution in [0.4, 0.5) is 5.69 Å². The molecule has 0 atom stereocenters. The first-order valence-corrected chi connectivity index (χ1v) is 7.48. The molecule has 0 aliphatic carbocycles. The maximum atomic E-state index is 12.4. The van der Waals surface area contributed by atoms with Crippen molar-refractivity contribution in [1.29, 1.82) is 0 Å². The molecule has 0 saturated heterocycles. The fraction of sp³-hybridized carbons (Fsp3) is 0.200. The van der Waals surface area contributed by atoms with Gasteiger partial charge in [0.25, 0.3) is 5.91 Å². The molecule has 0 radical (unpaired) electrons. The number of carbonyl (C=O) groups is 1. The molecule has 1 aromatic carbocycles. The lowest BCUT2D eigenvalue weighted by Crippen LogP contribution is -2.14. The first-order valence-electron chi connectivity index (χ1n) is 6.31. The number of nitrogens with zero attached hydrogens (tertiary/aromatic N) is 1. The number of methoxy groups -OCH3 is 2. The molecule has 1 heterocycles. The number of amides is 1. The van der Waals surface area contributed by atoms with E-state index in [0.29, 0.717) is 21.7 Å². The highest BCUT2D eigenvalue weighted by Gasteiger charge is 2.15. The molecule has 0 bridgehead atoms. The van der Waals surface area contributed by atoms with Gasteiger partial charge in [-0.2, -0.15) is 0 Å². The Morgan fingerprint density at radius 3 is 2.50 bits per heavy atom. The van der Waals surface area contributed by atoms with Crippen LogP contribution in [0.5, 0.6) is 11.5 Å². The monoisotopic (exact) mass is 384 g/mol. The van der Waals surface area contributed by atoms with Gasteiger partial charge in [-0.25, -0.2) is 4.98 Å². The minimum Gasteiger partial charge on any atom is -0.493 e. The van der Waals surface area contributed by atoms with Crippen LogP contribution in [-0.2, 0) is 0 Å². The maximum absolute atomic E-state index is 12.4. The van der Waals surface area contributed by atoms with E-state index in [2.05, 4.69) is 26.2 Å². The number of aryl methyl sites for hydroxylation is 1. The van der Waals surface area contributed by atoms with Crippen molar-refractivity contribution in [2.24, 2.45) is 0 Å². The third-order valence-corrected chi connectivity index (χ3v) is 3.76. The second-order valence-electron chi connectivity index (χ2n) is 4.47. The molecule has 0 unspecified atom stereocenters. The van der Waals surface area contributed by atoms with E-state index in [1.54, 1.807) is 25.3 Å². The number of pyridine rings is 1. The Balaban J connectivity index is 2.34. The molecule has 0 spiro atoms. The number of anilines is 1. The van der Waals surface area contributed by atoms with Crippen molar-refractivity contribution in [2.45, 2.75) is 6.92 Å². The Hall–Kier alpha value is -1.79. The zero-order valence-electron chi connectivity index (χ0n) is 12.2. The number of carbonyl (C=O) groups excluding carboxylic acids is 1. The van der Waals surface area contributed by atoms with E-state index in [1.807, 2.05) is 6.92 Å². The molecule has 0 aliphatic rings. The van der Waals surface area contributed by atoms with Crippen molar-refractivity contribution in [3.8, 4) is 11.5 Å². The summed E-state index contributed by atoms with van der Waals surface area (Å²) in [5, 5.41) is 2.94. The third-order valence-electron chi connectivity index (χ3n) is 3.03. The Morgan fingerprint density at radius 2 is 1.86 bits per heavy atom. The topological polar surface area (TPSA) is 60.5 Å². The number of benzene rings is 1. The van der Waals surface area contributed by atoms with Gasteiger partial charge < -0.3 is 14.8 Å². The molecule has 2 rings (SSSR count). The van der Waals surface area contributed by atoms with Crippen LogP contribution in [0.15, 0.2) is 28.9 Å². The van der Waals surface area contributed by atoms with Crippen LogP contribution in [-0.4, -0.2) is 25.1 Å². The number of aromatic nitrogens is 1. The summed E-state index contributed by atoms with van der Waals surface area (Å²) in [5.74, 6) is 0.774. The molecule has 1 aromatic heterocycles. The van der Waals surface area contributed by atoms with Crippen molar-refractivity contribution in [3.63, 3.8) is 0 Å². The first-order chi connectivity index (χ1) is 10.5. The summed E-state index contributed by atoms with van der Waals surface area (Å²) in [7, 11) is 3.09. The summed E-state index contributed by atoms with van der Waals surface area (Å²) in [6, 6.07) is 5.10. The molecule has 5 nitrogen and oxygen atoms in total. The summed E-state index contributed by atoms with van der Waals surface area (Å²) >= 11 is 9.23. The van der Waals surface area contributed by atoms with Crippen LogP contribution in [0.1, 0.15) is 15.9 Å². The van der Waals surface area contributed by atoms with Gasteiger partial charge in [0.2, 0.25) is 0 Å². The highest BCUT2D eigenvalue weighted by molar-refractivity contribution is 9.10. The zero-order valence-corrected chi connectivity index (χ0v) is 14.6. The lowest BCUT2D eigenvalue weighted by molar-refractivity contribution is 0.102. The van der Waals surface area contributed by atoms with Crippen LogP contribution >= 0.6 is 27.5 Å². The van der Waals surface area contributed by atoms with E-state index in [1.165, 1.54) is 13.3 Å². The fourth-order valence-corrected chi connectivity index (χ4v) is 2.41. The molecular weight excluding hydrogens is 372 g/mol. The SMILES string of the molecule is COc1cc(C)c(NC(=O)c2cc(Br)cnc2Cl)cc1OC. The normalized spacial score (nSPS) is 10.2. The number of halogens is 2. The first kappa shape index (κ1) is 16.6. The molecule has 1 N–H and O–H groups in total. The van der Waals surface area contributed by atoms with Gasteiger partial charge >= 0.3 is 0 Å². The van der Waals surface area contributed by atoms with Crippen LogP contribution in [0, 0.1) is 6.92 Å². The number of rotatable bonds is 4. The Bertz CT molecular complexity index is 722. The van der Waals surface area contributed by atoms with Crippen LogP contribution in [0.2, 0.25) is 5.15 Å². The van der Waals surface area contributed by atoms with E-state index in [0.717, 1.165) is 5.56 Å². The average Bonchev–Trinajstić information content (AvgIpc) is 2.51. The fourth-order valence-electron chi connectivity index (χ4n) is 1.89. The van der Waals surface area contributed by atoms with E-state index >= 15 is 0 Å². The van der Waals surface area contributed by atoms with E-state index in [-0.39, 0.29) is 16.6 Å². The number of nitrogens with one attached hydrogen (secondary N) is 1. The second-order valence-corrected chi connectivity index (χ2v) is 5.74. The second kappa shape index (κ2) is 6.98. The van der Waals surface area contributed by atoms with Gasteiger partial charge in [-0.1, -0.05) is 11.6 Å². The minimum absolute atomic E-state index is 0.138. The van der Waals surface area contributed by atoms with Crippen molar-refractivity contribution in [1.82, 2.24) is 4.98 Å². The van der Waals surface area contributed by atoms with Gasteiger partial charge in [0, 0.05) is 22.4 Å². The van der Waals surface area contributed by atoms with Crippen LogP contribution in [0.3, 0.4) is 0 Å². The Labute approximate surface area is 141 Å². The smallest absolute Gasteiger partial charge is 0.258 e. The summed E-state index contributed by atoms with van der Waals surface area (Å²) in [4.78, 5) is 16.3. The summed E-state index contributed by atoms with van der Waals surface area (Å²) in [6.07, 6.45) is 1.53. The van der Waals surface area contributed by atoms with Crippen molar-refractivity contribution < 1.29 is 14.3 Å². The molecule has 7 heteroatoms. The summed E-state index contributed by atoms with van der Waals surface area (Å²) in [5.41, 5.74) is 1.73. The van der Waals surface area contributed by atoms with E-state index < -0.39 is 0 Å². The van der Waals surface area contributed by atoms with Gasteiger partial charge in [-0.15, -0.1) is 0 Å². The number of hydrogen-bond donors (Lipinski definition) is 1. The van der Waals surface area contributed by atoms with Gasteiger partial charge in [-0.3, -0.25) is 4.79 Å². The Morgan fingerprint density at radius 1 is 1.23 bits per heavy atom. The third kappa shape index (κ3) is 3.51. The van der Waals surface area contributed by atoms with Crippen molar-refractivity contribution >= 4 is 39.1 Å². The molecule has 0 aliphatic heterocycles. The van der Waals surface area contributed by atoms with Crippen LogP contribution < -0.4 is 14.8 Å². The van der Waals surface area contributed by atoms with Gasteiger partial charge in [0.05, 0.1) is 19.8 Å². The van der Waals surface area contributed by atoms with E-state index in [9.17, 15) is 4.79 Å². The van der Waals surface area contributed by atoms with Gasteiger partial charge in [0.15, 0.2) is 11.5 Å². The van der Waals surface area contributed by atoms with Crippen molar-refractivity contribution in [3.05, 3.63) is 45.1 Å². The summed E-state index contributed by atoms with van der Waals surface area (Å²) < 4.78 is 11.1. The number of hydrogen-bond acceptors (Lipinski definition) is 4. The largest absolute Gasteiger partial charge is 0.493 e. The molecule has 2 aromatic rings. The predicted molar refractivity (Wildman–Crippen MR) is 89.2 cm³/mol. The maximum Gasteiger partial charge on any atom is 0.258 e. The molecule has 0 fully saturated rings. The zero-order chi connectivity index (χ0) is 16.3. The Kier molecular flexibility index (Phi) is 5.26. The lowest BCUT2D eigenvalue weighted by Gasteiger charge is -2.14. The molecule has 0 saturated carbocycles. The standard InChI is InChI=1S/C15H14BrClN2O3/c1-8-4-12(21-2)13(22-3)6-11(8)19-15(20)10-5-9(16)7-18-14(10)17/h4-7H,1-3H3,(H,19,20). The van der Waals surface area contributed by atoms with Crippen molar-refractivity contribution in [2.75, 3.05) is 19.5 Å². The van der Waals surface area contributed by atoms with E-state index in [4.69, 9.17) is 21.1 Å². The van der Waals surface area contributed by atoms with Gasteiger partial charge in [-0.05, 0) is 40.5 Å². The molecule has 116 valence electrons. The summed E-state index contributed by atoms with van der Waals surface area (Å²) in [6.45, 7) is 1.86. The predicted octanol–water partition coefficient (Wildman–Crippen LogP) is 4.08.